The van der Waals surface area contributed by atoms with Crippen LogP contribution in [0.2, 0.25) is 0 Å². The second-order valence-electron chi connectivity index (χ2n) is 6.18. The van der Waals surface area contributed by atoms with E-state index in [2.05, 4.69) is 0 Å². The normalized spacial score (nSPS) is 12.6. The summed E-state index contributed by atoms with van der Waals surface area (Å²) in [5.41, 5.74) is 1.19. The summed E-state index contributed by atoms with van der Waals surface area (Å²) in [6, 6.07) is 7.45. The first-order valence-electron chi connectivity index (χ1n) is 7.30. The number of carbonyl (C=O) groups is 2. The fourth-order valence-electron chi connectivity index (χ4n) is 2.19. The van der Waals surface area contributed by atoms with Gasteiger partial charge in [0, 0.05) is 18.2 Å². The maximum absolute atomic E-state index is 12.2. The lowest BCUT2D eigenvalue weighted by atomic mass is 10.0. The maximum atomic E-state index is 12.2. The van der Waals surface area contributed by atoms with Crippen LogP contribution in [0.15, 0.2) is 24.3 Å². The van der Waals surface area contributed by atoms with E-state index in [1.165, 1.54) is 0 Å². The second-order valence-corrected chi connectivity index (χ2v) is 6.18. The molecule has 0 N–H and O–H groups in total. The van der Waals surface area contributed by atoms with Crippen molar-refractivity contribution in [1.82, 2.24) is 4.90 Å². The fourth-order valence-corrected chi connectivity index (χ4v) is 2.19. The van der Waals surface area contributed by atoms with Gasteiger partial charge < -0.3 is 9.64 Å². The topological polar surface area (TPSA) is 46.6 Å². The average molecular weight is 291 g/mol. The minimum atomic E-state index is -0.498. The van der Waals surface area contributed by atoms with Crippen molar-refractivity contribution in [3.05, 3.63) is 35.4 Å². The molecule has 0 saturated carbocycles. The Balaban J connectivity index is 2.76. The molecule has 0 aliphatic rings. The molecule has 1 rings (SSSR count). The van der Waals surface area contributed by atoms with Crippen molar-refractivity contribution < 1.29 is 14.3 Å². The van der Waals surface area contributed by atoms with Gasteiger partial charge in [-0.15, -0.1) is 0 Å². The number of ether oxygens (including phenoxy) is 1. The number of aldehydes is 1. The SMILES string of the molecule is CCN(C(=O)OC(C)(C)C)[C@H](C)Cc1cccc(C=O)c1. The van der Waals surface area contributed by atoms with Gasteiger partial charge in [0.25, 0.3) is 0 Å². The Morgan fingerprint density at radius 1 is 1.38 bits per heavy atom. The Morgan fingerprint density at radius 3 is 2.57 bits per heavy atom. The van der Waals surface area contributed by atoms with Crippen molar-refractivity contribution in [2.45, 2.75) is 52.7 Å². The van der Waals surface area contributed by atoms with E-state index in [1.54, 1.807) is 11.0 Å². The summed E-state index contributed by atoms with van der Waals surface area (Å²) >= 11 is 0. The Labute approximate surface area is 127 Å². The Kier molecular flexibility index (Phi) is 5.94. The van der Waals surface area contributed by atoms with E-state index in [0.717, 1.165) is 11.8 Å². The monoisotopic (exact) mass is 291 g/mol. The van der Waals surface area contributed by atoms with Crippen LogP contribution in [0.4, 0.5) is 4.79 Å². The average Bonchev–Trinajstić information content (AvgIpc) is 2.37. The van der Waals surface area contributed by atoms with Gasteiger partial charge in [-0.1, -0.05) is 18.2 Å². The first kappa shape index (κ1) is 17.2. The fraction of sp³-hybridized carbons (Fsp3) is 0.529. The van der Waals surface area contributed by atoms with Crippen LogP contribution in [0.5, 0.6) is 0 Å². The molecule has 0 spiro atoms. The van der Waals surface area contributed by atoms with Crippen LogP contribution >= 0.6 is 0 Å². The van der Waals surface area contributed by atoms with Crippen molar-refractivity contribution in [2.24, 2.45) is 0 Å². The van der Waals surface area contributed by atoms with E-state index in [1.807, 2.05) is 52.8 Å². The third-order valence-electron chi connectivity index (χ3n) is 3.12. The molecule has 0 heterocycles. The zero-order chi connectivity index (χ0) is 16.0. The number of benzene rings is 1. The van der Waals surface area contributed by atoms with Gasteiger partial charge in [0.1, 0.15) is 11.9 Å². The predicted octanol–water partition coefficient (Wildman–Crippen LogP) is 3.69. The molecule has 0 aliphatic carbocycles. The number of rotatable bonds is 5. The van der Waals surface area contributed by atoms with Gasteiger partial charge in [0.15, 0.2) is 0 Å². The largest absolute Gasteiger partial charge is 0.444 e. The molecular formula is C17H25NO3. The van der Waals surface area contributed by atoms with Gasteiger partial charge in [0.05, 0.1) is 0 Å². The summed E-state index contributed by atoms with van der Waals surface area (Å²) in [6.45, 7) is 10.1. The molecule has 0 fully saturated rings. The third-order valence-corrected chi connectivity index (χ3v) is 3.12. The molecule has 1 atom stereocenters. The summed E-state index contributed by atoms with van der Waals surface area (Å²) in [7, 11) is 0. The van der Waals surface area contributed by atoms with Crippen molar-refractivity contribution in [3.8, 4) is 0 Å². The number of likely N-dealkylation sites (N-methyl/N-ethyl adjacent to an activating group) is 1. The summed E-state index contributed by atoms with van der Waals surface area (Å²) in [4.78, 5) is 24.7. The lowest BCUT2D eigenvalue weighted by Gasteiger charge is -2.31. The highest BCUT2D eigenvalue weighted by atomic mass is 16.6. The first-order valence-corrected chi connectivity index (χ1v) is 7.30. The number of carbonyl (C=O) groups excluding carboxylic acids is 2. The van der Waals surface area contributed by atoms with Crippen LogP contribution in [-0.4, -0.2) is 35.5 Å². The summed E-state index contributed by atoms with van der Waals surface area (Å²) in [6.07, 6.45) is 1.22. The zero-order valence-electron chi connectivity index (χ0n) is 13.6. The molecule has 4 heteroatoms. The third kappa shape index (κ3) is 5.58. The number of hydrogen-bond donors (Lipinski definition) is 0. The smallest absolute Gasteiger partial charge is 0.410 e. The van der Waals surface area contributed by atoms with E-state index in [-0.39, 0.29) is 12.1 Å². The maximum Gasteiger partial charge on any atom is 0.410 e. The summed E-state index contributed by atoms with van der Waals surface area (Å²) in [5.74, 6) is 0. The minimum Gasteiger partial charge on any atom is -0.444 e. The van der Waals surface area contributed by atoms with E-state index in [4.69, 9.17) is 4.74 Å². The highest BCUT2D eigenvalue weighted by Gasteiger charge is 2.24. The van der Waals surface area contributed by atoms with E-state index >= 15 is 0 Å². The molecule has 21 heavy (non-hydrogen) atoms. The first-order chi connectivity index (χ1) is 9.76. The van der Waals surface area contributed by atoms with Gasteiger partial charge in [-0.05, 0) is 52.7 Å². The molecule has 1 aromatic rings. The van der Waals surface area contributed by atoms with Gasteiger partial charge in [-0.25, -0.2) is 4.79 Å². The van der Waals surface area contributed by atoms with Gasteiger partial charge >= 0.3 is 6.09 Å². The van der Waals surface area contributed by atoms with Crippen molar-refractivity contribution >= 4 is 12.4 Å². The van der Waals surface area contributed by atoms with Gasteiger partial charge in [-0.2, -0.15) is 0 Å². The van der Waals surface area contributed by atoms with Crippen molar-refractivity contribution in [1.29, 1.82) is 0 Å². The lowest BCUT2D eigenvalue weighted by molar-refractivity contribution is 0.0189. The standard InChI is InChI=1S/C17H25NO3/c1-6-18(16(20)21-17(3,4)5)13(2)10-14-8-7-9-15(11-14)12-19/h7-9,11-13H,6,10H2,1-5H3/t13-/m1/s1. The Bertz CT molecular complexity index is 491. The molecule has 4 nitrogen and oxygen atoms in total. The molecule has 1 aromatic carbocycles. The molecule has 0 radical (unpaired) electrons. The van der Waals surface area contributed by atoms with Gasteiger partial charge in [0.2, 0.25) is 0 Å². The summed E-state index contributed by atoms with van der Waals surface area (Å²) in [5, 5.41) is 0. The molecule has 0 aromatic heterocycles. The second kappa shape index (κ2) is 7.25. The van der Waals surface area contributed by atoms with E-state index < -0.39 is 5.60 Å². The van der Waals surface area contributed by atoms with E-state index in [9.17, 15) is 9.59 Å². The van der Waals surface area contributed by atoms with Crippen LogP contribution in [0.1, 0.15) is 50.5 Å². The molecule has 0 bridgehead atoms. The number of amides is 1. The quantitative estimate of drug-likeness (QED) is 0.777. The molecule has 0 saturated heterocycles. The number of nitrogens with zero attached hydrogens (tertiary/aromatic N) is 1. The van der Waals surface area contributed by atoms with Crippen molar-refractivity contribution in [2.75, 3.05) is 6.54 Å². The minimum absolute atomic E-state index is 0.00625. The lowest BCUT2D eigenvalue weighted by Crippen LogP contribution is -2.42. The summed E-state index contributed by atoms with van der Waals surface area (Å²) < 4.78 is 5.43. The van der Waals surface area contributed by atoms with Crippen LogP contribution < -0.4 is 0 Å². The molecule has 0 aliphatic heterocycles. The predicted molar refractivity (Wildman–Crippen MR) is 83.6 cm³/mol. The zero-order valence-corrected chi connectivity index (χ0v) is 13.6. The molecule has 116 valence electrons. The van der Waals surface area contributed by atoms with Crippen LogP contribution in [0.25, 0.3) is 0 Å². The molecular weight excluding hydrogens is 266 g/mol. The van der Waals surface area contributed by atoms with Crippen LogP contribution in [0.3, 0.4) is 0 Å². The Morgan fingerprint density at radius 2 is 2.05 bits per heavy atom. The Hall–Kier alpha value is -1.84. The molecule has 0 unspecified atom stereocenters. The molecule has 1 amide bonds. The van der Waals surface area contributed by atoms with Crippen molar-refractivity contribution in [3.63, 3.8) is 0 Å². The highest BCUT2D eigenvalue weighted by Crippen LogP contribution is 2.15. The van der Waals surface area contributed by atoms with Crippen LogP contribution in [0, 0.1) is 0 Å². The van der Waals surface area contributed by atoms with Crippen LogP contribution in [-0.2, 0) is 11.2 Å². The van der Waals surface area contributed by atoms with E-state index in [0.29, 0.717) is 18.5 Å². The van der Waals surface area contributed by atoms with Gasteiger partial charge in [-0.3, -0.25) is 4.79 Å². The highest BCUT2D eigenvalue weighted by molar-refractivity contribution is 5.75. The number of hydrogen-bond acceptors (Lipinski definition) is 3.